The molecule has 0 spiro atoms. The lowest BCUT2D eigenvalue weighted by molar-refractivity contribution is 0.153. The number of aromatic nitrogens is 1. The van der Waals surface area contributed by atoms with Crippen molar-refractivity contribution < 1.29 is 13.2 Å². The van der Waals surface area contributed by atoms with Gasteiger partial charge in [0, 0.05) is 34.8 Å². The summed E-state index contributed by atoms with van der Waals surface area (Å²) in [5, 5.41) is 0.980. The Morgan fingerprint density at radius 3 is 2.34 bits per heavy atom. The second-order valence-electron chi connectivity index (χ2n) is 10.1. The molecule has 35 heavy (non-hydrogen) atoms. The Balaban J connectivity index is 1.59. The molecule has 0 N–H and O–H groups in total. The Kier molecular flexibility index (Phi) is 4.98. The predicted octanol–water partition coefficient (Wildman–Crippen LogP) is 6.41. The zero-order valence-corrected chi connectivity index (χ0v) is 21.0. The molecule has 5 heteroatoms. The minimum absolute atomic E-state index is 0.237. The molecule has 4 aromatic rings. The standard InChI is InChI=1S/C30H29NO3S/c1-20(2)28-17-30(26(19-34-28)29(30)22-9-5-4-6-10-22)25-18-31(27-12-8-7-11-24(25)27)35(32,33)23-15-13-21(3)14-16-23/h4-18,20,26,29H,19H2,1-3H3/t26-,29-,30+/m1/s1. The summed E-state index contributed by atoms with van der Waals surface area (Å²) in [4.78, 5) is 0.297. The van der Waals surface area contributed by atoms with Crippen LogP contribution in [-0.4, -0.2) is 19.0 Å². The van der Waals surface area contributed by atoms with Crippen molar-refractivity contribution in [2.24, 2.45) is 11.8 Å². The number of ether oxygens (including phenoxy) is 1. The second-order valence-corrected chi connectivity index (χ2v) is 11.9. The van der Waals surface area contributed by atoms with Gasteiger partial charge in [-0.2, -0.15) is 0 Å². The van der Waals surface area contributed by atoms with Gasteiger partial charge < -0.3 is 4.74 Å². The van der Waals surface area contributed by atoms with Crippen molar-refractivity contribution >= 4 is 20.9 Å². The van der Waals surface area contributed by atoms with E-state index in [0.717, 1.165) is 22.3 Å². The summed E-state index contributed by atoms with van der Waals surface area (Å²) in [7, 11) is -3.76. The van der Waals surface area contributed by atoms with Crippen LogP contribution in [0.3, 0.4) is 0 Å². The van der Waals surface area contributed by atoms with E-state index >= 15 is 0 Å². The molecule has 6 rings (SSSR count). The number of allylic oxidation sites excluding steroid dienone is 2. The fourth-order valence-corrected chi connectivity index (χ4v) is 7.21. The number of benzene rings is 3. The van der Waals surface area contributed by atoms with E-state index in [4.69, 9.17) is 4.74 Å². The molecule has 0 saturated heterocycles. The van der Waals surface area contributed by atoms with E-state index < -0.39 is 10.0 Å². The number of fused-ring (bicyclic) bond motifs is 2. The lowest BCUT2D eigenvalue weighted by atomic mass is 9.87. The fraction of sp³-hybridized carbons (Fsp3) is 0.267. The van der Waals surface area contributed by atoms with E-state index in [1.165, 1.54) is 9.54 Å². The molecular weight excluding hydrogens is 454 g/mol. The Hall–Kier alpha value is -3.31. The fourth-order valence-electron chi connectivity index (χ4n) is 5.84. The van der Waals surface area contributed by atoms with Crippen molar-refractivity contribution in [1.82, 2.24) is 3.97 Å². The number of hydrogen-bond acceptors (Lipinski definition) is 3. The molecule has 1 aliphatic carbocycles. The maximum absolute atomic E-state index is 13.8. The van der Waals surface area contributed by atoms with Crippen LogP contribution in [0.4, 0.5) is 0 Å². The van der Waals surface area contributed by atoms with Crippen molar-refractivity contribution in [3.8, 4) is 0 Å². The first-order valence-electron chi connectivity index (χ1n) is 12.2. The summed E-state index contributed by atoms with van der Waals surface area (Å²) in [6, 6.07) is 25.5. The average Bonchev–Trinajstić information content (AvgIpc) is 3.37. The molecule has 2 heterocycles. The SMILES string of the molecule is Cc1ccc(S(=O)(=O)n2cc([C@@]34C=C(C(C)C)OC[C@@H]3[C@H]4c3ccccc3)c3ccccc32)cc1. The van der Waals surface area contributed by atoms with Gasteiger partial charge in [0.25, 0.3) is 10.0 Å². The Morgan fingerprint density at radius 1 is 0.943 bits per heavy atom. The molecule has 178 valence electrons. The van der Waals surface area contributed by atoms with Gasteiger partial charge in [-0.15, -0.1) is 0 Å². The lowest BCUT2D eigenvalue weighted by Crippen LogP contribution is -2.19. The summed E-state index contributed by atoms with van der Waals surface area (Å²) in [5.74, 6) is 1.74. The van der Waals surface area contributed by atoms with Crippen LogP contribution in [0.25, 0.3) is 10.9 Å². The van der Waals surface area contributed by atoms with Crippen LogP contribution in [0.1, 0.15) is 36.5 Å². The number of para-hydroxylation sites is 1. The van der Waals surface area contributed by atoms with Gasteiger partial charge in [0.05, 0.1) is 22.8 Å². The van der Waals surface area contributed by atoms with E-state index in [1.807, 2.05) is 49.5 Å². The van der Waals surface area contributed by atoms with Crippen LogP contribution in [0.15, 0.2) is 102 Å². The lowest BCUT2D eigenvalue weighted by Gasteiger charge is -2.24. The van der Waals surface area contributed by atoms with Crippen molar-refractivity contribution in [1.29, 1.82) is 0 Å². The van der Waals surface area contributed by atoms with Crippen LogP contribution in [0.5, 0.6) is 0 Å². The number of hydrogen-bond donors (Lipinski definition) is 0. The minimum atomic E-state index is -3.76. The van der Waals surface area contributed by atoms with Crippen molar-refractivity contribution in [3.63, 3.8) is 0 Å². The average molecular weight is 484 g/mol. The highest BCUT2D eigenvalue weighted by Gasteiger charge is 2.67. The first kappa shape index (κ1) is 22.2. The molecular formula is C30H29NO3S. The third-order valence-electron chi connectivity index (χ3n) is 7.68. The third kappa shape index (κ3) is 3.29. The van der Waals surface area contributed by atoms with Crippen LogP contribution >= 0.6 is 0 Å². The molecule has 3 aromatic carbocycles. The van der Waals surface area contributed by atoms with Crippen molar-refractivity contribution in [3.05, 3.63) is 114 Å². The summed E-state index contributed by atoms with van der Waals surface area (Å²) in [6.07, 6.45) is 4.16. The van der Waals surface area contributed by atoms with Gasteiger partial charge in [0.2, 0.25) is 0 Å². The van der Waals surface area contributed by atoms with Gasteiger partial charge in [0.15, 0.2) is 0 Å². The first-order valence-corrected chi connectivity index (χ1v) is 13.6. The second kappa shape index (κ2) is 7.85. The van der Waals surface area contributed by atoms with E-state index in [-0.39, 0.29) is 23.2 Å². The highest BCUT2D eigenvalue weighted by molar-refractivity contribution is 7.90. The highest BCUT2D eigenvalue weighted by atomic mass is 32.2. The van der Waals surface area contributed by atoms with E-state index in [9.17, 15) is 8.42 Å². The van der Waals surface area contributed by atoms with Gasteiger partial charge >= 0.3 is 0 Å². The van der Waals surface area contributed by atoms with E-state index in [1.54, 1.807) is 12.1 Å². The van der Waals surface area contributed by atoms with Crippen LogP contribution < -0.4 is 0 Å². The smallest absolute Gasteiger partial charge is 0.268 e. The Morgan fingerprint density at radius 2 is 1.63 bits per heavy atom. The van der Waals surface area contributed by atoms with Gasteiger partial charge in [-0.1, -0.05) is 80.1 Å². The summed E-state index contributed by atoms with van der Waals surface area (Å²) >= 11 is 0. The molecule has 1 aromatic heterocycles. The summed E-state index contributed by atoms with van der Waals surface area (Å²) < 4.78 is 35.3. The normalized spacial score (nSPS) is 23.6. The monoisotopic (exact) mass is 483 g/mol. The molecule has 0 radical (unpaired) electrons. The third-order valence-corrected chi connectivity index (χ3v) is 9.37. The molecule has 4 nitrogen and oxygen atoms in total. The zero-order chi connectivity index (χ0) is 24.4. The van der Waals surface area contributed by atoms with Gasteiger partial charge in [-0.25, -0.2) is 12.4 Å². The van der Waals surface area contributed by atoms with Crippen molar-refractivity contribution in [2.45, 2.75) is 37.0 Å². The Labute approximate surface area is 206 Å². The molecule has 1 fully saturated rings. The number of nitrogens with zero attached hydrogens (tertiary/aromatic N) is 1. The number of aryl methyl sites for hydroxylation is 1. The van der Waals surface area contributed by atoms with Gasteiger partial charge in [-0.3, -0.25) is 0 Å². The molecule has 2 aliphatic rings. The van der Waals surface area contributed by atoms with Crippen LogP contribution in [-0.2, 0) is 20.2 Å². The van der Waals surface area contributed by atoms with Crippen LogP contribution in [0, 0.1) is 18.8 Å². The Bertz CT molecular complexity index is 1550. The summed E-state index contributed by atoms with van der Waals surface area (Å²) in [5.41, 5.74) is 3.76. The quantitative estimate of drug-likeness (QED) is 0.330. The molecule has 0 bridgehead atoms. The van der Waals surface area contributed by atoms with Gasteiger partial charge in [-0.05, 0) is 42.3 Å². The summed E-state index contributed by atoms with van der Waals surface area (Å²) in [6.45, 7) is 6.88. The highest BCUT2D eigenvalue weighted by Crippen LogP contribution is 2.69. The topological polar surface area (TPSA) is 48.3 Å². The molecule has 3 atom stereocenters. The zero-order valence-electron chi connectivity index (χ0n) is 20.2. The largest absolute Gasteiger partial charge is 0.498 e. The molecule has 0 amide bonds. The molecule has 1 saturated carbocycles. The maximum atomic E-state index is 13.8. The number of rotatable bonds is 5. The van der Waals surface area contributed by atoms with E-state index in [0.29, 0.717) is 17.0 Å². The molecule has 1 aliphatic heterocycles. The minimum Gasteiger partial charge on any atom is -0.498 e. The van der Waals surface area contributed by atoms with E-state index in [2.05, 4.69) is 50.3 Å². The maximum Gasteiger partial charge on any atom is 0.268 e. The van der Waals surface area contributed by atoms with Crippen LogP contribution in [0.2, 0.25) is 0 Å². The predicted molar refractivity (Wildman–Crippen MR) is 139 cm³/mol. The first-order chi connectivity index (χ1) is 16.8. The van der Waals surface area contributed by atoms with Crippen molar-refractivity contribution in [2.75, 3.05) is 6.61 Å². The molecule has 0 unspecified atom stereocenters. The van der Waals surface area contributed by atoms with Gasteiger partial charge in [0.1, 0.15) is 0 Å².